The molecule has 0 unspecified atom stereocenters. The molecule has 0 bridgehead atoms. The minimum absolute atomic E-state index is 0.124. The molecule has 17 heavy (non-hydrogen) atoms. The number of aliphatic hydroxyl groups is 1. The van der Waals surface area contributed by atoms with E-state index in [2.05, 4.69) is 27.3 Å². The SMILES string of the molecule is CCCn1nnnc1CN(CCO)CCOC. The minimum Gasteiger partial charge on any atom is -0.395 e. The zero-order valence-corrected chi connectivity index (χ0v) is 10.5. The molecule has 1 aromatic rings. The third-order valence-corrected chi connectivity index (χ3v) is 2.43. The summed E-state index contributed by atoms with van der Waals surface area (Å²) in [4.78, 5) is 2.07. The van der Waals surface area contributed by atoms with Crippen molar-refractivity contribution in [2.75, 3.05) is 33.4 Å². The molecule has 1 rings (SSSR count). The van der Waals surface area contributed by atoms with Crippen LogP contribution in [-0.4, -0.2) is 63.6 Å². The first-order chi connectivity index (χ1) is 8.31. The van der Waals surface area contributed by atoms with E-state index in [0.29, 0.717) is 19.7 Å². The number of aryl methyl sites for hydroxylation is 1. The predicted molar refractivity (Wildman–Crippen MR) is 62.3 cm³/mol. The highest BCUT2D eigenvalue weighted by Gasteiger charge is 2.11. The molecule has 7 heteroatoms. The molecule has 98 valence electrons. The summed E-state index contributed by atoms with van der Waals surface area (Å²) in [6.07, 6.45) is 0.996. The lowest BCUT2D eigenvalue weighted by atomic mass is 10.4. The van der Waals surface area contributed by atoms with Gasteiger partial charge in [0.2, 0.25) is 0 Å². The second-order valence-electron chi connectivity index (χ2n) is 3.81. The van der Waals surface area contributed by atoms with Crippen LogP contribution in [0.25, 0.3) is 0 Å². The summed E-state index contributed by atoms with van der Waals surface area (Å²) < 4.78 is 6.84. The quantitative estimate of drug-likeness (QED) is 0.631. The number of nitrogens with zero attached hydrogens (tertiary/aromatic N) is 5. The fourth-order valence-corrected chi connectivity index (χ4v) is 1.55. The topological polar surface area (TPSA) is 76.3 Å². The zero-order chi connectivity index (χ0) is 12.5. The van der Waals surface area contributed by atoms with Gasteiger partial charge in [-0.3, -0.25) is 4.90 Å². The van der Waals surface area contributed by atoms with E-state index in [4.69, 9.17) is 9.84 Å². The van der Waals surface area contributed by atoms with Gasteiger partial charge in [0.25, 0.3) is 0 Å². The van der Waals surface area contributed by atoms with Gasteiger partial charge < -0.3 is 9.84 Å². The normalized spacial score (nSPS) is 11.3. The lowest BCUT2D eigenvalue weighted by Crippen LogP contribution is -2.31. The maximum absolute atomic E-state index is 9.00. The Labute approximate surface area is 101 Å². The number of hydrogen-bond acceptors (Lipinski definition) is 6. The first-order valence-electron chi connectivity index (χ1n) is 5.89. The molecule has 0 aliphatic heterocycles. The molecule has 0 spiro atoms. The van der Waals surface area contributed by atoms with Crippen LogP contribution in [0.2, 0.25) is 0 Å². The molecule has 1 heterocycles. The Morgan fingerprint density at radius 3 is 2.88 bits per heavy atom. The minimum atomic E-state index is 0.124. The van der Waals surface area contributed by atoms with Gasteiger partial charge in [-0.15, -0.1) is 5.10 Å². The van der Waals surface area contributed by atoms with Crippen LogP contribution in [0.1, 0.15) is 19.2 Å². The van der Waals surface area contributed by atoms with Gasteiger partial charge in [0.05, 0.1) is 19.8 Å². The van der Waals surface area contributed by atoms with Gasteiger partial charge in [0.1, 0.15) is 0 Å². The molecule has 0 saturated heterocycles. The molecule has 0 atom stereocenters. The highest BCUT2D eigenvalue weighted by Crippen LogP contribution is 2.00. The summed E-state index contributed by atoms with van der Waals surface area (Å²) in [6.45, 7) is 5.66. The molecule has 1 N–H and O–H groups in total. The maximum Gasteiger partial charge on any atom is 0.165 e. The average molecular weight is 243 g/mol. The van der Waals surface area contributed by atoms with E-state index < -0.39 is 0 Å². The Morgan fingerprint density at radius 2 is 2.24 bits per heavy atom. The van der Waals surface area contributed by atoms with Crippen LogP contribution >= 0.6 is 0 Å². The number of rotatable bonds is 9. The Kier molecular flexibility index (Phi) is 6.68. The molecule has 0 saturated carbocycles. The third-order valence-electron chi connectivity index (χ3n) is 2.43. The first kappa shape index (κ1) is 14.0. The van der Waals surface area contributed by atoms with Crippen molar-refractivity contribution in [2.45, 2.75) is 26.4 Å². The molecule has 0 amide bonds. The molecule has 1 aromatic heterocycles. The number of hydrogen-bond donors (Lipinski definition) is 1. The van der Waals surface area contributed by atoms with Crippen LogP contribution in [0, 0.1) is 0 Å². The highest BCUT2D eigenvalue weighted by atomic mass is 16.5. The van der Waals surface area contributed by atoms with Gasteiger partial charge in [0.15, 0.2) is 5.82 Å². The molecular weight excluding hydrogens is 222 g/mol. The predicted octanol–water partition coefficient (Wildman–Crippen LogP) is -0.476. The summed E-state index contributed by atoms with van der Waals surface area (Å²) >= 11 is 0. The Morgan fingerprint density at radius 1 is 1.41 bits per heavy atom. The summed E-state index contributed by atoms with van der Waals surface area (Å²) in [5.41, 5.74) is 0. The second-order valence-corrected chi connectivity index (χ2v) is 3.81. The number of aromatic nitrogens is 4. The van der Waals surface area contributed by atoms with Gasteiger partial charge in [-0.25, -0.2) is 4.68 Å². The van der Waals surface area contributed by atoms with Crippen molar-refractivity contribution in [3.63, 3.8) is 0 Å². The monoisotopic (exact) mass is 243 g/mol. The average Bonchev–Trinajstić information content (AvgIpc) is 2.74. The number of methoxy groups -OCH3 is 1. The second kappa shape index (κ2) is 8.10. The molecule has 0 aliphatic rings. The van der Waals surface area contributed by atoms with Crippen molar-refractivity contribution in [1.82, 2.24) is 25.1 Å². The van der Waals surface area contributed by atoms with Crippen molar-refractivity contribution in [3.8, 4) is 0 Å². The third kappa shape index (κ3) is 4.76. The zero-order valence-electron chi connectivity index (χ0n) is 10.5. The molecular formula is C10H21N5O2. The van der Waals surface area contributed by atoms with Gasteiger partial charge in [-0.2, -0.15) is 0 Å². The first-order valence-corrected chi connectivity index (χ1v) is 5.89. The van der Waals surface area contributed by atoms with E-state index in [1.165, 1.54) is 0 Å². The summed E-state index contributed by atoms with van der Waals surface area (Å²) in [5, 5.41) is 20.6. The molecule has 0 fully saturated rings. The van der Waals surface area contributed by atoms with Crippen LogP contribution in [0.3, 0.4) is 0 Å². The fourth-order valence-electron chi connectivity index (χ4n) is 1.55. The van der Waals surface area contributed by atoms with Crippen molar-refractivity contribution < 1.29 is 9.84 Å². The largest absolute Gasteiger partial charge is 0.395 e. The lowest BCUT2D eigenvalue weighted by Gasteiger charge is -2.19. The number of ether oxygens (including phenoxy) is 1. The molecule has 0 radical (unpaired) electrons. The van der Waals surface area contributed by atoms with E-state index in [0.717, 1.165) is 25.3 Å². The fraction of sp³-hybridized carbons (Fsp3) is 0.900. The van der Waals surface area contributed by atoms with Crippen LogP contribution in [0.15, 0.2) is 0 Å². The number of aliphatic hydroxyl groups excluding tert-OH is 1. The van der Waals surface area contributed by atoms with E-state index >= 15 is 0 Å². The van der Waals surface area contributed by atoms with E-state index in [9.17, 15) is 0 Å². The van der Waals surface area contributed by atoms with E-state index in [1.54, 1.807) is 11.8 Å². The smallest absolute Gasteiger partial charge is 0.165 e. The van der Waals surface area contributed by atoms with Gasteiger partial charge in [-0.05, 0) is 16.8 Å². The standard InChI is InChI=1S/C10H21N5O2/c1-3-4-15-10(11-12-13-15)9-14(5-7-16)6-8-17-2/h16H,3-9H2,1-2H3. The van der Waals surface area contributed by atoms with Crippen molar-refractivity contribution in [1.29, 1.82) is 0 Å². The maximum atomic E-state index is 9.00. The van der Waals surface area contributed by atoms with Crippen molar-refractivity contribution >= 4 is 0 Å². The van der Waals surface area contributed by atoms with Crippen LogP contribution in [-0.2, 0) is 17.8 Å². The van der Waals surface area contributed by atoms with Gasteiger partial charge in [-0.1, -0.05) is 6.92 Å². The van der Waals surface area contributed by atoms with E-state index in [-0.39, 0.29) is 6.61 Å². The van der Waals surface area contributed by atoms with Gasteiger partial charge >= 0.3 is 0 Å². The molecule has 0 aromatic carbocycles. The molecule has 0 aliphatic carbocycles. The van der Waals surface area contributed by atoms with E-state index in [1.807, 2.05) is 0 Å². The molecule has 7 nitrogen and oxygen atoms in total. The van der Waals surface area contributed by atoms with Gasteiger partial charge in [0, 0.05) is 26.7 Å². The Hall–Kier alpha value is -1.05. The summed E-state index contributed by atoms with van der Waals surface area (Å²) in [7, 11) is 1.66. The van der Waals surface area contributed by atoms with Crippen LogP contribution in [0.4, 0.5) is 0 Å². The van der Waals surface area contributed by atoms with Crippen LogP contribution in [0.5, 0.6) is 0 Å². The highest BCUT2D eigenvalue weighted by molar-refractivity contribution is 4.81. The van der Waals surface area contributed by atoms with Crippen LogP contribution < -0.4 is 0 Å². The Balaban J connectivity index is 2.54. The number of tetrazole rings is 1. The summed E-state index contributed by atoms with van der Waals surface area (Å²) in [6, 6.07) is 0. The Bertz CT molecular complexity index is 305. The lowest BCUT2D eigenvalue weighted by molar-refractivity contribution is 0.124. The van der Waals surface area contributed by atoms with Crippen molar-refractivity contribution in [3.05, 3.63) is 5.82 Å². The van der Waals surface area contributed by atoms with Crippen molar-refractivity contribution in [2.24, 2.45) is 0 Å². The summed E-state index contributed by atoms with van der Waals surface area (Å²) in [5.74, 6) is 0.830.